The molecule has 0 spiro atoms. The van der Waals surface area contributed by atoms with Crippen LogP contribution in [0.4, 0.5) is 0 Å². The molecule has 1 saturated heterocycles. The summed E-state index contributed by atoms with van der Waals surface area (Å²) in [6.07, 6.45) is 4.92. The number of hydrogen-bond donors (Lipinski definition) is 1. The lowest BCUT2D eigenvalue weighted by Gasteiger charge is -2.22. The zero-order chi connectivity index (χ0) is 13.0. The molecule has 0 aliphatic carbocycles. The molecule has 5 heteroatoms. The average molecular weight is 250 g/mol. The molecule has 1 N–H and O–H groups in total. The quantitative estimate of drug-likeness (QED) is 0.858. The fourth-order valence-corrected chi connectivity index (χ4v) is 1.97. The van der Waals surface area contributed by atoms with Crippen LogP contribution in [0.1, 0.15) is 29.6 Å². The van der Waals surface area contributed by atoms with Crippen LogP contribution in [-0.2, 0) is 11.8 Å². The van der Waals surface area contributed by atoms with Gasteiger partial charge in [0.25, 0.3) is 11.5 Å². The van der Waals surface area contributed by atoms with E-state index in [1.54, 1.807) is 19.3 Å². The molecule has 1 fully saturated rings. The SMILES string of the molecule is Cn1ccc(C(=O)NCC2CCCCO2)cc1=O. The van der Waals surface area contributed by atoms with Gasteiger partial charge >= 0.3 is 0 Å². The van der Waals surface area contributed by atoms with E-state index in [0.717, 1.165) is 25.9 Å². The van der Waals surface area contributed by atoms with Crippen molar-refractivity contribution in [2.24, 2.45) is 7.05 Å². The first kappa shape index (κ1) is 12.8. The molecule has 2 heterocycles. The second kappa shape index (κ2) is 5.82. The summed E-state index contributed by atoms with van der Waals surface area (Å²) in [7, 11) is 1.65. The predicted molar refractivity (Wildman–Crippen MR) is 67.6 cm³/mol. The topological polar surface area (TPSA) is 60.3 Å². The van der Waals surface area contributed by atoms with Crippen LogP contribution in [0, 0.1) is 0 Å². The van der Waals surface area contributed by atoms with Crippen LogP contribution in [0.3, 0.4) is 0 Å². The van der Waals surface area contributed by atoms with E-state index in [2.05, 4.69) is 5.32 Å². The van der Waals surface area contributed by atoms with Gasteiger partial charge in [0, 0.05) is 38.0 Å². The molecular weight excluding hydrogens is 232 g/mol. The van der Waals surface area contributed by atoms with Gasteiger partial charge in [0.2, 0.25) is 0 Å². The second-order valence-electron chi connectivity index (χ2n) is 4.56. The smallest absolute Gasteiger partial charge is 0.251 e. The first-order valence-electron chi connectivity index (χ1n) is 6.23. The Morgan fingerprint density at radius 1 is 1.56 bits per heavy atom. The van der Waals surface area contributed by atoms with Gasteiger partial charge in [-0.2, -0.15) is 0 Å². The standard InChI is InChI=1S/C13H18N2O3/c1-15-6-5-10(8-12(15)16)13(17)14-9-11-4-2-3-7-18-11/h5-6,8,11H,2-4,7,9H2,1H3,(H,14,17). The fourth-order valence-electron chi connectivity index (χ4n) is 1.97. The van der Waals surface area contributed by atoms with Gasteiger partial charge in [0.05, 0.1) is 6.10 Å². The Morgan fingerprint density at radius 2 is 2.39 bits per heavy atom. The number of amides is 1. The van der Waals surface area contributed by atoms with Crippen molar-refractivity contribution in [3.63, 3.8) is 0 Å². The van der Waals surface area contributed by atoms with Crippen molar-refractivity contribution in [3.8, 4) is 0 Å². The molecule has 1 aromatic heterocycles. The normalized spacial score (nSPS) is 19.5. The number of ether oxygens (including phenoxy) is 1. The van der Waals surface area contributed by atoms with Gasteiger partial charge in [-0.3, -0.25) is 9.59 Å². The monoisotopic (exact) mass is 250 g/mol. The van der Waals surface area contributed by atoms with Crippen molar-refractivity contribution >= 4 is 5.91 Å². The molecule has 0 radical (unpaired) electrons. The molecule has 1 atom stereocenters. The fraction of sp³-hybridized carbons (Fsp3) is 0.538. The summed E-state index contributed by atoms with van der Waals surface area (Å²) in [6.45, 7) is 1.28. The summed E-state index contributed by atoms with van der Waals surface area (Å²) in [6, 6.07) is 2.98. The van der Waals surface area contributed by atoms with Crippen molar-refractivity contribution in [2.75, 3.05) is 13.2 Å². The maximum Gasteiger partial charge on any atom is 0.251 e. The van der Waals surface area contributed by atoms with Crippen molar-refractivity contribution in [1.82, 2.24) is 9.88 Å². The Bertz CT molecular complexity index is 475. The van der Waals surface area contributed by atoms with Crippen LogP contribution in [0.5, 0.6) is 0 Å². The highest BCUT2D eigenvalue weighted by Gasteiger charge is 2.15. The first-order chi connectivity index (χ1) is 8.66. The van der Waals surface area contributed by atoms with Crippen LogP contribution in [0.2, 0.25) is 0 Å². The molecule has 1 unspecified atom stereocenters. The van der Waals surface area contributed by atoms with Crippen molar-refractivity contribution in [3.05, 3.63) is 34.2 Å². The minimum Gasteiger partial charge on any atom is -0.376 e. The Balaban J connectivity index is 1.90. The summed E-state index contributed by atoms with van der Waals surface area (Å²) < 4.78 is 6.96. The Kier molecular flexibility index (Phi) is 4.15. The van der Waals surface area contributed by atoms with E-state index in [1.165, 1.54) is 10.6 Å². The molecule has 18 heavy (non-hydrogen) atoms. The number of carbonyl (C=O) groups is 1. The zero-order valence-electron chi connectivity index (χ0n) is 10.5. The lowest BCUT2D eigenvalue weighted by molar-refractivity contribution is 0.0169. The van der Waals surface area contributed by atoms with E-state index in [0.29, 0.717) is 12.1 Å². The maximum atomic E-state index is 11.8. The number of rotatable bonds is 3. The van der Waals surface area contributed by atoms with E-state index in [1.807, 2.05) is 0 Å². The molecule has 0 saturated carbocycles. The molecule has 5 nitrogen and oxygen atoms in total. The van der Waals surface area contributed by atoms with Gasteiger partial charge in [-0.15, -0.1) is 0 Å². The van der Waals surface area contributed by atoms with E-state index in [9.17, 15) is 9.59 Å². The summed E-state index contributed by atoms with van der Waals surface area (Å²) in [4.78, 5) is 23.2. The summed E-state index contributed by atoms with van der Waals surface area (Å²) in [5.74, 6) is -0.220. The number of pyridine rings is 1. The van der Waals surface area contributed by atoms with E-state index in [-0.39, 0.29) is 17.6 Å². The van der Waals surface area contributed by atoms with Crippen molar-refractivity contribution < 1.29 is 9.53 Å². The zero-order valence-corrected chi connectivity index (χ0v) is 10.5. The van der Waals surface area contributed by atoms with Crippen LogP contribution in [0.25, 0.3) is 0 Å². The molecule has 0 bridgehead atoms. The Hall–Kier alpha value is -1.62. The molecule has 1 aliphatic heterocycles. The van der Waals surface area contributed by atoms with Gasteiger partial charge in [-0.25, -0.2) is 0 Å². The number of carbonyl (C=O) groups excluding carboxylic acids is 1. The third-order valence-corrected chi connectivity index (χ3v) is 3.13. The predicted octanol–water partition coefficient (Wildman–Crippen LogP) is 0.684. The lowest BCUT2D eigenvalue weighted by Crippen LogP contribution is -2.36. The van der Waals surface area contributed by atoms with Gasteiger partial charge in [-0.1, -0.05) is 0 Å². The largest absolute Gasteiger partial charge is 0.376 e. The molecule has 1 aliphatic rings. The van der Waals surface area contributed by atoms with Gasteiger partial charge in [0.15, 0.2) is 0 Å². The highest BCUT2D eigenvalue weighted by molar-refractivity contribution is 5.93. The molecule has 1 aromatic rings. The molecule has 2 rings (SSSR count). The minimum atomic E-state index is -0.220. The van der Waals surface area contributed by atoms with Crippen molar-refractivity contribution in [1.29, 1.82) is 0 Å². The van der Waals surface area contributed by atoms with Gasteiger partial charge < -0.3 is 14.6 Å². The van der Waals surface area contributed by atoms with Gasteiger partial charge in [0.1, 0.15) is 0 Å². The third-order valence-electron chi connectivity index (χ3n) is 3.13. The summed E-state index contributed by atoms with van der Waals surface area (Å²) in [5, 5.41) is 2.80. The first-order valence-corrected chi connectivity index (χ1v) is 6.23. The summed E-state index contributed by atoms with van der Waals surface area (Å²) >= 11 is 0. The molecular formula is C13H18N2O3. The number of aryl methyl sites for hydroxylation is 1. The van der Waals surface area contributed by atoms with Crippen molar-refractivity contribution in [2.45, 2.75) is 25.4 Å². The van der Waals surface area contributed by atoms with Crippen LogP contribution in [-0.4, -0.2) is 29.7 Å². The number of nitrogens with zero attached hydrogens (tertiary/aromatic N) is 1. The van der Waals surface area contributed by atoms with Crippen LogP contribution < -0.4 is 10.9 Å². The highest BCUT2D eigenvalue weighted by atomic mass is 16.5. The van der Waals surface area contributed by atoms with Gasteiger partial charge in [-0.05, 0) is 25.3 Å². The minimum absolute atomic E-state index is 0.106. The molecule has 98 valence electrons. The van der Waals surface area contributed by atoms with E-state index in [4.69, 9.17) is 4.74 Å². The van der Waals surface area contributed by atoms with E-state index >= 15 is 0 Å². The third kappa shape index (κ3) is 3.20. The van der Waals surface area contributed by atoms with Crippen LogP contribution in [0.15, 0.2) is 23.1 Å². The number of hydrogen-bond acceptors (Lipinski definition) is 3. The molecule has 1 amide bonds. The Labute approximate surface area is 106 Å². The van der Waals surface area contributed by atoms with Crippen LogP contribution >= 0.6 is 0 Å². The second-order valence-corrected chi connectivity index (χ2v) is 4.56. The Morgan fingerprint density at radius 3 is 3.06 bits per heavy atom. The number of nitrogens with one attached hydrogen (secondary N) is 1. The summed E-state index contributed by atoms with van der Waals surface area (Å²) in [5.41, 5.74) is 0.213. The molecule has 0 aromatic carbocycles. The highest BCUT2D eigenvalue weighted by Crippen LogP contribution is 2.11. The number of aromatic nitrogens is 1. The lowest BCUT2D eigenvalue weighted by atomic mass is 10.1. The maximum absolute atomic E-state index is 11.8. The van der Waals surface area contributed by atoms with E-state index < -0.39 is 0 Å². The average Bonchev–Trinajstić information content (AvgIpc) is 2.40.